The number of nitro groups is 1. The molecule has 0 saturated heterocycles. The quantitative estimate of drug-likeness (QED) is 0.542. The van der Waals surface area contributed by atoms with Gasteiger partial charge in [-0.2, -0.15) is 0 Å². The summed E-state index contributed by atoms with van der Waals surface area (Å²) in [6, 6.07) is 0. The van der Waals surface area contributed by atoms with Crippen LogP contribution >= 0.6 is 15.9 Å². The molecule has 8 heteroatoms. The molecule has 1 aliphatic heterocycles. The Morgan fingerprint density at radius 2 is 2.31 bits per heavy atom. The minimum absolute atomic E-state index is 0.00181. The van der Waals surface area contributed by atoms with Gasteiger partial charge in [0.1, 0.15) is 11.6 Å². The van der Waals surface area contributed by atoms with Crippen LogP contribution in [0.4, 0.5) is 0 Å². The van der Waals surface area contributed by atoms with E-state index in [1.165, 1.54) is 12.2 Å². The molecule has 0 aromatic heterocycles. The van der Waals surface area contributed by atoms with Crippen molar-refractivity contribution < 1.29 is 9.72 Å². The summed E-state index contributed by atoms with van der Waals surface area (Å²) in [5.74, 6) is -1.68. The lowest BCUT2D eigenvalue weighted by Crippen LogP contribution is -2.44. The second-order valence-electron chi connectivity index (χ2n) is 3.15. The third-order valence-corrected chi connectivity index (χ3v) is 2.60. The molecule has 0 saturated carbocycles. The Hall–Kier alpha value is -1.83. The smallest absolute Gasteiger partial charge is 0.293 e. The standard InChI is InChI=1S/C8H5BrN4O3/c9-3-1-4-6(5(2-3)13(15)16)11-8(10)12-7(4)14/h1-2,4H,(H2,10,12,14). The van der Waals surface area contributed by atoms with Crippen LogP contribution in [-0.2, 0) is 4.79 Å². The molecule has 16 heavy (non-hydrogen) atoms. The molecule has 0 bridgehead atoms. The monoisotopic (exact) mass is 284 g/mol. The molecule has 1 amide bonds. The summed E-state index contributed by atoms with van der Waals surface area (Å²) in [4.78, 5) is 25.3. The van der Waals surface area contributed by atoms with Crippen LogP contribution in [0, 0.1) is 21.4 Å². The Bertz CT molecular complexity index is 505. The number of carbonyl (C=O) groups excluding carboxylic acids is 1. The largest absolute Gasteiger partial charge is 0.294 e. The number of amides is 1. The number of hydrogen-bond donors (Lipinski definition) is 2. The second-order valence-corrected chi connectivity index (χ2v) is 4.07. The zero-order chi connectivity index (χ0) is 11.9. The topological polar surface area (TPSA) is 108 Å². The van der Waals surface area contributed by atoms with E-state index in [4.69, 9.17) is 5.41 Å². The highest BCUT2D eigenvalue weighted by Gasteiger charge is 2.38. The van der Waals surface area contributed by atoms with Crippen LogP contribution in [-0.4, -0.2) is 22.5 Å². The molecular weight excluding hydrogens is 280 g/mol. The maximum atomic E-state index is 11.5. The molecule has 1 unspecified atom stereocenters. The molecule has 0 fully saturated rings. The van der Waals surface area contributed by atoms with Crippen molar-refractivity contribution in [3.8, 4) is 0 Å². The molecule has 0 spiro atoms. The van der Waals surface area contributed by atoms with Crippen LogP contribution < -0.4 is 5.32 Å². The van der Waals surface area contributed by atoms with E-state index in [9.17, 15) is 14.9 Å². The van der Waals surface area contributed by atoms with Crippen molar-refractivity contribution in [2.45, 2.75) is 0 Å². The number of allylic oxidation sites excluding steroid dienone is 3. The van der Waals surface area contributed by atoms with Crippen molar-refractivity contribution in [1.29, 1.82) is 5.41 Å². The number of halogens is 1. The van der Waals surface area contributed by atoms with Crippen molar-refractivity contribution in [3.63, 3.8) is 0 Å². The molecular formula is C8H5BrN4O3. The average Bonchev–Trinajstić information content (AvgIpc) is 2.18. The normalized spacial score (nSPS) is 23.8. The number of nitrogens with one attached hydrogen (secondary N) is 2. The van der Waals surface area contributed by atoms with E-state index in [0.717, 1.165) is 0 Å². The van der Waals surface area contributed by atoms with Gasteiger partial charge in [-0.15, -0.1) is 0 Å². The fraction of sp³-hybridized carbons (Fsp3) is 0.125. The zero-order valence-corrected chi connectivity index (χ0v) is 9.32. The summed E-state index contributed by atoms with van der Waals surface area (Å²) in [5, 5.41) is 20.2. The van der Waals surface area contributed by atoms with E-state index in [2.05, 4.69) is 26.2 Å². The van der Waals surface area contributed by atoms with Gasteiger partial charge in [0.25, 0.3) is 5.70 Å². The number of rotatable bonds is 1. The zero-order valence-electron chi connectivity index (χ0n) is 7.73. The van der Waals surface area contributed by atoms with Gasteiger partial charge in [-0.25, -0.2) is 4.99 Å². The first kappa shape index (κ1) is 10.7. The Morgan fingerprint density at radius 1 is 1.62 bits per heavy atom. The van der Waals surface area contributed by atoms with Crippen molar-refractivity contribution in [2.75, 3.05) is 0 Å². The molecule has 0 radical (unpaired) electrons. The number of fused-ring (bicyclic) bond motifs is 1. The summed E-state index contributed by atoms with van der Waals surface area (Å²) in [6.07, 6.45) is 2.77. The lowest BCUT2D eigenvalue weighted by molar-refractivity contribution is -0.415. The van der Waals surface area contributed by atoms with Crippen LogP contribution in [0.25, 0.3) is 0 Å². The van der Waals surface area contributed by atoms with E-state index in [1.54, 1.807) is 0 Å². The number of hydrogen-bond acceptors (Lipinski definition) is 4. The van der Waals surface area contributed by atoms with Crippen LogP contribution in [0.1, 0.15) is 0 Å². The van der Waals surface area contributed by atoms with Gasteiger partial charge in [-0.1, -0.05) is 22.0 Å². The molecule has 0 aromatic carbocycles. The van der Waals surface area contributed by atoms with Crippen molar-refractivity contribution >= 4 is 33.5 Å². The molecule has 1 atom stereocenters. The highest BCUT2D eigenvalue weighted by molar-refractivity contribution is 9.11. The van der Waals surface area contributed by atoms with Crippen LogP contribution in [0.3, 0.4) is 0 Å². The SMILES string of the molecule is N=C1N=C2C([N+](=O)[O-])=CC(Br)=CC2C(=O)N1. The van der Waals surface area contributed by atoms with Gasteiger partial charge >= 0.3 is 0 Å². The summed E-state index contributed by atoms with van der Waals surface area (Å²) in [5.41, 5.74) is -0.263. The van der Waals surface area contributed by atoms with Gasteiger partial charge in [-0.3, -0.25) is 25.6 Å². The molecule has 82 valence electrons. The molecule has 1 aliphatic carbocycles. The van der Waals surface area contributed by atoms with Gasteiger partial charge in [0, 0.05) is 10.6 Å². The Balaban J connectivity index is 2.56. The molecule has 2 aliphatic rings. The highest BCUT2D eigenvalue weighted by atomic mass is 79.9. The molecule has 2 N–H and O–H groups in total. The Morgan fingerprint density at radius 3 is 2.94 bits per heavy atom. The van der Waals surface area contributed by atoms with Gasteiger partial charge in [0.2, 0.25) is 11.9 Å². The van der Waals surface area contributed by atoms with Gasteiger partial charge in [-0.05, 0) is 0 Å². The fourth-order valence-corrected chi connectivity index (χ4v) is 1.95. The third-order valence-electron chi connectivity index (χ3n) is 2.11. The number of nitrogens with zero attached hydrogens (tertiary/aromatic N) is 2. The van der Waals surface area contributed by atoms with E-state index >= 15 is 0 Å². The maximum Gasteiger partial charge on any atom is 0.293 e. The fourth-order valence-electron chi connectivity index (χ4n) is 1.47. The average molecular weight is 285 g/mol. The summed E-state index contributed by atoms with van der Waals surface area (Å²) in [7, 11) is 0. The minimum atomic E-state index is -0.811. The van der Waals surface area contributed by atoms with Gasteiger partial charge < -0.3 is 0 Å². The van der Waals surface area contributed by atoms with E-state index < -0.39 is 16.7 Å². The number of carbonyl (C=O) groups is 1. The molecule has 2 rings (SSSR count). The van der Waals surface area contributed by atoms with E-state index in [-0.39, 0.29) is 17.4 Å². The first-order valence-corrected chi connectivity index (χ1v) is 5.00. The molecule has 7 nitrogen and oxygen atoms in total. The molecule has 1 heterocycles. The Kier molecular flexibility index (Phi) is 2.43. The predicted octanol–water partition coefficient (Wildman–Crippen LogP) is 0.561. The van der Waals surface area contributed by atoms with Gasteiger partial charge in [0.15, 0.2) is 0 Å². The number of guanidine groups is 1. The number of aliphatic imine (C=N–C) groups is 1. The van der Waals surface area contributed by atoms with Gasteiger partial charge in [0.05, 0.1) is 4.92 Å². The van der Waals surface area contributed by atoms with Crippen molar-refractivity contribution in [3.05, 3.63) is 32.4 Å². The van der Waals surface area contributed by atoms with Crippen LogP contribution in [0.15, 0.2) is 27.3 Å². The van der Waals surface area contributed by atoms with E-state index in [1.807, 2.05) is 0 Å². The molecule has 0 aromatic rings. The first-order chi connectivity index (χ1) is 7.49. The summed E-state index contributed by atoms with van der Waals surface area (Å²) >= 11 is 3.09. The lowest BCUT2D eigenvalue weighted by Gasteiger charge is -2.21. The lowest BCUT2D eigenvalue weighted by atomic mass is 9.94. The first-order valence-electron chi connectivity index (χ1n) is 4.21. The van der Waals surface area contributed by atoms with Crippen molar-refractivity contribution in [2.24, 2.45) is 10.9 Å². The van der Waals surface area contributed by atoms with Crippen LogP contribution in [0.5, 0.6) is 0 Å². The Labute approximate surface area is 97.7 Å². The summed E-state index contributed by atoms with van der Waals surface area (Å²) in [6.45, 7) is 0. The van der Waals surface area contributed by atoms with Crippen molar-refractivity contribution in [1.82, 2.24) is 5.32 Å². The maximum absolute atomic E-state index is 11.5. The third kappa shape index (κ3) is 1.67. The highest BCUT2D eigenvalue weighted by Crippen LogP contribution is 2.26. The second kappa shape index (κ2) is 3.63. The minimum Gasteiger partial charge on any atom is -0.294 e. The summed E-state index contributed by atoms with van der Waals surface area (Å²) < 4.78 is 0.451. The van der Waals surface area contributed by atoms with Crippen LogP contribution in [0.2, 0.25) is 0 Å². The van der Waals surface area contributed by atoms with E-state index in [0.29, 0.717) is 4.48 Å². The predicted molar refractivity (Wildman–Crippen MR) is 58.9 cm³/mol.